The summed E-state index contributed by atoms with van der Waals surface area (Å²) in [5.41, 5.74) is 1.87. The van der Waals surface area contributed by atoms with Gasteiger partial charge in [0.1, 0.15) is 11.5 Å². The molecule has 1 saturated heterocycles. The number of ketones is 1. The highest BCUT2D eigenvalue weighted by molar-refractivity contribution is 6.46. The van der Waals surface area contributed by atoms with Crippen molar-refractivity contribution in [2.75, 3.05) is 7.11 Å². The summed E-state index contributed by atoms with van der Waals surface area (Å²) < 4.78 is 5.22. The molecule has 1 N–H and O–H groups in total. The maximum Gasteiger partial charge on any atom is 0.295 e. The quantitative estimate of drug-likeness (QED) is 0.401. The second-order valence-electron chi connectivity index (χ2n) is 6.80. The Morgan fingerprint density at radius 2 is 1.87 bits per heavy atom. The maximum atomic E-state index is 13.0. The predicted octanol–water partition coefficient (Wildman–Crippen LogP) is 3.11. The molecular weight excluding hydrogens is 382 g/mol. The molecule has 30 heavy (non-hydrogen) atoms. The number of aliphatic hydroxyl groups excluding tert-OH is 1. The largest absolute Gasteiger partial charge is 0.507 e. The van der Waals surface area contributed by atoms with Crippen LogP contribution in [0.25, 0.3) is 5.76 Å². The molecule has 7 heteroatoms. The summed E-state index contributed by atoms with van der Waals surface area (Å²) in [6.07, 6.45) is 6.46. The van der Waals surface area contributed by atoms with Gasteiger partial charge in [0.2, 0.25) is 0 Å². The fraction of sp³-hybridized carbons (Fsp3) is 0.130. The second-order valence-corrected chi connectivity index (χ2v) is 6.80. The lowest BCUT2D eigenvalue weighted by Crippen LogP contribution is -2.29. The van der Waals surface area contributed by atoms with E-state index in [4.69, 9.17) is 4.74 Å². The van der Waals surface area contributed by atoms with Crippen molar-refractivity contribution in [3.05, 3.63) is 95.6 Å². The summed E-state index contributed by atoms with van der Waals surface area (Å²) in [5, 5.41) is 11.0. The van der Waals surface area contributed by atoms with Crippen molar-refractivity contribution < 1.29 is 19.4 Å². The van der Waals surface area contributed by atoms with E-state index >= 15 is 0 Å². The van der Waals surface area contributed by atoms with Crippen LogP contribution in [-0.4, -0.2) is 38.8 Å². The number of aromatic nitrogens is 2. The van der Waals surface area contributed by atoms with Crippen LogP contribution in [0.5, 0.6) is 5.75 Å². The Balaban J connectivity index is 1.85. The van der Waals surface area contributed by atoms with E-state index in [-0.39, 0.29) is 17.9 Å². The smallest absolute Gasteiger partial charge is 0.295 e. The first kappa shape index (κ1) is 19.3. The van der Waals surface area contributed by atoms with E-state index in [0.717, 1.165) is 5.56 Å². The zero-order chi connectivity index (χ0) is 21.1. The van der Waals surface area contributed by atoms with Crippen molar-refractivity contribution in [3.8, 4) is 5.75 Å². The van der Waals surface area contributed by atoms with Crippen LogP contribution in [-0.2, 0) is 16.1 Å². The molecule has 1 aromatic carbocycles. The highest BCUT2D eigenvalue weighted by Crippen LogP contribution is 2.40. The Labute approximate surface area is 173 Å². The number of amides is 1. The first-order chi connectivity index (χ1) is 14.6. The molecular formula is C23H19N3O4. The summed E-state index contributed by atoms with van der Waals surface area (Å²) >= 11 is 0. The van der Waals surface area contributed by atoms with Crippen LogP contribution in [0.1, 0.15) is 22.7 Å². The summed E-state index contributed by atoms with van der Waals surface area (Å²) in [5.74, 6) is -1.13. The van der Waals surface area contributed by atoms with Crippen LogP contribution >= 0.6 is 0 Å². The third-order valence-electron chi connectivity index (χ3n) is 4.99. The van der Waals surface area contributed by atoms with Crippen molar-refractivity contribution in [2.24, 2.45) is 0 Å². The van der Waals surface area contributed by atoms with Crippen LogP contribution in [0.3, 0.4) is 0 Å². The minimum absolute atomic E-state index is 0.0234. The third kappa shape index (κ3) is 3.53. The molecule has 3 heterocycles. The molecule has 1 unspecified atom stereocenters. The number of benzene rings is 1. The number of pyridine rings is 2. The van der Waals surface area contributed by atoms with Gasteiger partial charge in [-0.1, -0.05) is 18.2 Å². The maximum absolute atomic E-state index is 13.0. The van der Waals surface area contributed by atoms with Crippen molar-refractivity contribution in [1.82, 2.24) is 14.9 Å². The molecule has 4 rings (SSSR count). The number of Topliss-reactive ketones (excluding diaryl/α,β-unsaturated/α-hetero) is 1. The number of carbonyl (C=O) groups is 2. The van der Waals surface area contributed by atoms with E-state index in [2.05, 4.69) is 9.97 Å². The van der Waals surface area contributed by atoms with E-state index < -0.39 is 17.7 Å². The molecule has 1 fully saturated rings. The molecule has 1 aliphatic rings. The number of likely N-dealkylation sites (tertiary alicyclic amines) is 1. The minimum Gasteiger partial charge on any atom is -0.507 e. The monoisotopic (exact) mass is 401 g/mol. The Morgan fingerprint density at radius 3 is 2.57 bits per heavy atom. The average molecular weight is 401 g/mol. The molecule has 0 bridgehead atoms. The van der Waals surface area contributed by atoms with Crippen LogP contribution in [0, 0.1) is 0 Å². The lowest BCUT2D eigenvalue weighted by Gasteiger charge is -2.25. The van der Waals surface area contributed by atoms with Gasteiger partial charge in [-0.15, -0.1) is 0 Å². The first-order valence-electron chi connectivity index (χ1n) is 9.32. The van der Waals surface area contributed by atoms with Gasteiger partial charge in [0, 0.05) is 36.9 Å². The molecule has 2 aromatic heterocycles. The van der Waals surface area contributed by atoms with E-state index in [9.17, 15) is 14.7 Å². The van der Waals surface area contributed by atoms with E-state index in [0.29, 0.717) is 16.9 Å². The fourth-order valence-corrected chi connectivity index (χ4v) is 3.54. The number of ether oxygens (including phenoxy) is 1. The van der Waals surface area contributed by atoms with Gasteiger partial charge in [-0.3, -0.25) is 19.6 Å². The van der Waals surface area contributed by atoms with Crippen molar-refractivity contribution >= 4 is 17.4 Å². The zero-order valence-electron chi connectivity index (χ0n) is 16.2. The number of hydrogen-bond donors (Lipinski definition) is 1. The van der Waals surface area contributed by atoms with Crippen LogP contribution in [0.4, 0.5) is 0 Å². The normalized spacial score (nSPS) is 17.9. The molecule has 1 amide bonds. The average Bonchev–Trinajstić information content (AvgIpc) is 3.05. The Bertz CT molecular complexity index is 1110. The molecule has 7 nitrogen and oxygen atoms in total. The lowest BCUT2D eigenvalue weighted by atomic mass is 9.96. The third-order valence-corrected chi connectivity index (χ3v) is 4.99. The Morgan fingerprint density at radius 1 is 1.07 bits per heavy atom. The molecule has 0 radical (unpaired) electrons. The van der Waals surface area contributed by atoms with Gasteiger partial charge in [0.25, 0.3) is 11.7 Å². The predicted molar refractivity (Wildman–Crippen MR) is 109 cm³/mol. The molecule has 150 valence electrons. The van der Waals surface area contributed by atoms with Gasteiger partial charge < -0.3 is 14.7 Å². The highest BCUT2D eigenvalue weighted by Gasteiger charge is 2.46. The first-order valence-corrected chi connectivity index (χ1v) is 9.32. The number of rotatable bonds is 5. The van der Waals surface area contributed by atoms with Crippen molar-refractivity contribution in [1.29, 1.82) is 0 Å². The van der Waals surface area contributed by atoms with Gasteiger partial charge >= 0.3 is 0 Å². The lowest BCUT2D eigenvalue weighted by molar-refractivity contribution is -0.140. The summed E-state index contributed by atoms with van der Waals surface area (Å²) in [6, 6.07) is 13.0. The number of nitrogens with zero attached hydrogens (tertiary/aromatic N) is 3. The SMILES string of the molecule is COc1cccc(/C(O)=C2\C(=O)C(=O)N(Cc3ccncc3)C2c2cccnc2)c1. The topological polar surface area (TPSA) is 92.6 Å². The molecule has 1 aliphatic heterocycles. The van der Waals surface area contributed by atoms with Crippen molar-refractivity contribution in [3.63, 3.8) is 0 Å². The number of hydrogen-bond acceptors (Lipinski definition) is 6. The number of aliphatic hydroxyl groups is 1. The summed E-state index contributed by atoms with van der Waals surface area (Å²) in [6.45, 7) is 0.196. The minimum atomic E-state index is -0.766. The molecule has 0 aliphatic carbocycles. The number of methoxy groups -OCH3 is 1. The molecule has 0 saturated carbocycles. The number of carbonyl (C=O) groups excluding carboxylic acids is 2. The Hall–Kier alpha value is -4.00. The van der Waals surface area contributed by atoms with Crippen molar-refractivity contribution in [2.45, 2.75) is 12.6 Å². The summed E-state index contributed by atoms with van der Waals surface area (Å²) in [7, 11) is 1.52. The fourth-order valence-electron chi connectivity index (χ4n) is 3.54. The van der Waals surface area contributed by atoms with Gasteiger partial charge in [-0.2, -0.15) is 0 Å². The molecule has 1 atom stereocenters. The zero-order valence-corrected chi connectivity index (χ0v) is 16.2. The highest BCUT2D eigenvalue weighted by atomic mass is 16.5. The standard InChI is InChI=1S/C23H19N3O4/c1-30-18-6-2-4-16(12-18)21(27)19-20(17-5-3-9-25-13-17)26(23(29)22(19)28)14-15-7-10-24-11-8-15/h2-13,20,27H,14H2,1H3/b21-19+. The van der Waals surface area contributed by atoms with Crippen LogP contribution in [0.2, 0.25) is 0 Å². The van der Waals surface area contributed by atoms with Gasteiger partial charge in [0.15, 0.2) is 0 Å². The van der Waals surface area contributed by atoms with Gasteiger partial charge in [0.05, 0.1) is 18.7 Å². The molecule has 3 aromatic rings. The van der Waals surface area contributed by atoms with Crippen LogP contribution < -0.4 is 4.74 Å². The van der Waals surface area contributed by atoms with Gasteiger partial charge in [-0.05, 0) is 41.5 Å². The Kier molecular flexibility index (Phi) is 5.26. The summed E-state index contributed by atoms with van der Waals surface area (Å²) in [4.78, 5) is 35.5. The second kappa shape index (κ2) is 8.16. The molecule has 0 spiro atoms. The van der Waals surface area contributed by atoms with E-state index in [1.165, 1.54) is 12.0 Å². The van der Waals surface area contributed by atoms with Crippen LogP contribution in [0.15, 0.2) is 78.9 Å². The van der Waals surface area contributed by atoms with Gasteiger partial charge in [-0.25, -0.2) is 0 Å². The van der Waals surface area contributed by atoms with E-state index in [1.807, 2.05) is 0 Å². The van der Waals surface area contributed by atoms with E-state index in [1.54, 1.807) is 73.3 Å².